The first-order valence-corrected chi connectivity index (χ1v) is 11.1. The molecular formula is C23H37IN4O4. The highest BCUT2D eigenvalue weighted by Crippen LogP contribution is 2.36. The van der Waals surface area contributed by atoms with Gasteiger partial charge in [0.05, 0.1) is 13.7 Å². The van der Waals surface area contributed by atoms with Gasteiger partial charge >= 0.3 is 6.09 Å². The summed E-state index contributed by atoms with van der Waals surface area (Å²) in [4.78, 5) is 19.3. The molecule has 0 saturated carbocycles. The van der Waals surface area contributed by atoms with Gasteiger partial charge in [-0.1, -0.05) is 6.07 Å². The van der Waals surface area contributed by atoms with Crippen LogP contribution in [-0.4, -0.2) is 59.4 Å². The van der Waals surface area contributed by atoms with Crippen molar-refractivity contribution >= 4 is 36.0 Å². The van der Waals surface area contributed by atoms with Crippen LogP contribution in [-0.2, 0) is 11.3 Å². The molecule has 9 heteroatoms. The molecule has 1 aromatic rings. The van der Waals surface area contributed by atoms with E-state index >= 15 is 0 Å². The number of ether oxygens (including phenoxy) is 2. The van der Waals surface area contributed by atoms with Crippen molar-refractivity contribution < 1.29 is 19.4 Å². The first-order valence-electron chi connectivity index (χ1n) is 11.1. The lowest BCUT2D eigenvalue weighted by Crippen LogP contribution is -2.55. The van der Waals surface area contributed by atoms with Crippen LogP contribution < -0.4 is 15.4 Å². The van der Waals surface area contributed by atoms with Crippen LogP contribution in [0.25, 0.3) is 0 Å². The lowest BCUT2D eigenvalue weighted by atomic mass is 9.98. The minimum absolute atomic E-state index is 0. The SMILES string of the molecule is CCNC(=NCc1ccc(OC)c(O)c1)NC1CC2CCC(C1)N2C(=O)OC(C)(C)C.I. The molecule has 0 spiro atoms. The second kappa shape index (κ2) is 11.3. The van der Waals surface area contributed by atoms with E-state index in [1.165, 1.54) is 7.11 Å². The van der Waals surface area contributed by atoms with Crippen molar-refractivity contribution in [3.05, 3.63) is 23.8 Å². The third-order valence-electron chi connectivity index (χ3n) is 5.69. The summed E-state index contributed by atoms with van der Waals surface area (Å²) >= 11 is 0. The number of rotatable bonds is 5. The predicted molar refractivity (Wildman–Crippen MR) is 136 cm³/mol. The van der Waals surface area contributed by atoms with Gasteiger partial charge in [-0.2, -0.15) is 0 Å². The number of benzene rings is 1. The number of piperidine rings is 1. The number of amides is 1. The molecule has 2 atom stereocenters. The van der Waals surface area contributed by atoms with E-state index in [1.54, 1.807) is 12.1 Å². The van der Waals surface area contributed by atoms with Crippen molar-refractivity contribution in [2.75, 3.05) is 13.7 Å². The molecule has 1 aromatic carbocycles. The Balaban J connectivity index is 0.00000363. The molecule has 180 valence electrons. The Hall–Kier alpha value is -1.91. The van der Waals surface area contributed by atoms with Crippen LogP contribution in [0.15, 0.2) is 23.2 Å². The number of carbonyl (C=O) groups is 1. The molecule has 2 fully saturated rings. The number of hydrogen-bond acceptors (Lipinski definition) is 5. The molecule has 1 amide bonds. The van der Waals surface area contributed by atoms with Gasteiger partial charge in [0.2, 0.25) is 0 Å². The average Bonchev–Trinajstić information content (AvgIpc) is 2.96. The standard InChI is InChI=1S/C23H36N4O4.HI/c1-6-24-21(25-14-15-7-10-20(30-5)19(28)11-15)26-16-12-17-8-9-18(13-16)27(17)22(29)31-23(2,3)4;/h7,10-11,16-18,28H,6,8-9,12-14H2,1-5H3,(H2,24,25,26);1H. The van der Waals surface area contributed by atoms with Gasteiger partial charge in [0.25, 0.3) is 0 Å². The summed E-state index contributed by atoms with van der Waals surface area (Å²) in [5.74, 6) is 1.30. The molecule has 8 nitrogen and oxygen atoms in total. The van der Waals surface area contributed by atoms with E-state index in [4.69, 9.17) is 9.47 Å². The largest absolute Gasteiger partial charge is 0.504 e. The van der Waals surface area contributed by atoms with Crippen molar-refractivity contribution in [3.8, 4) is 11.5 Å². The van der Waals surface area contributed by atoms with Crippen molar-refractivity contribution in [2.24, 2.45) is 4.99 Å². The number of carbonyl (C=O) groups excluding carboxylic acids is 1. The minimum atomic E-state index is -0.480. The topological polar surface area (TPSA) is 95.4 Å². The number of nitrogens with zero attached hydrogens (tertiary/aromatic N) is 2. The normalized spacial score (nSPS) is 22.7. The lowest BCUT2D eigenvalue weighted by molar-refractivity contribution is 0.00545. The van der Waals surface area contributed by atoms with E-state index in [1.807, 2.05) is 38.7 Å². The Morgan fingerprint density at radius 2 is 1.91 bits per heavy atom. The van der Waals surface area contributed by atoms with Gasteiger partial charge < -0.3 is 30.1 Å². The number of aromatic hydroxyl groups is 1. The zero-order chi connectivity index (χ0) is 22.6. The summed E-state index contributed by atoms with van der Waals surface area (Å²) in [6, 6.07) is 5.96. The monoisotopic (exact) mass is 560 g/mol. The predicted octanol–water partition coefficient (Wildman–Crippen LogP) is 4.00. The van der Waals surface area contributed by atoms with Gasteiger partial charge in [-0.25, -0.2) is 9.79 Å². The molecular weight excluding hydrogens is 523 g/mol. The maximum Gasteiger partial charge on any atom is 0.410 e. The van der Waals surface area contributed by atoms with Gasteiger partial charge in [0.15, 0.2) is 17.5 Å². The zero-order valence-electron chi connectivity index (χ0n) is 19.7. The van der Waals surface area contributed by atoms with Crippen LogP contribution in [0.4, 0.5) is 4.79 Å². The number of methoxy groups -OCH3 is 1. The van der Waals surface area contributed by atoms with Crippen LogP contribution in [0.2, 0.25) is 0 Å². The van der Waals surface area contributed by atoms with E-state index in [0.717, 1.165) is 43.8 Å². The number of aliphatic imine (C=N–C) groups is 1. The number of hydrogen-bond donors (Lipinski definition) is 3. The zero-order valence-corrected chi connectivity index (χ0v) is 22.0. The third kappa shape index (κ3) is 6.79. The third-order valence-corrected chi connectivity index (χ3v) is 5.69. The second-order valence-corrected chi connectivity index (χ2v) is 9.29. The Morgan fingerprint density at radius 1 is 1.25 bits per heavy atom. The molecule has 0 aromatic heterocycles. The van der Waals surface area contributed by atoms with Gasteiger partial charge in [0.1, 0.15) is 5.60 Å². The molecule has 0 radical (unpaired) electrons. The fourth-order valence-corrected chi connectivity index (χ4v) is 4.43. The van der Waals surface area contributed by atoms with E-state index in [-0.39, 0.29) is 53.9 Å². The average molecular weight is 560 g/mol. The lowest BCUT2D eigenvalue weighted by Gasteiger charge is -2.40. The van der Waals surface area contributed by atoms with Gasteiger partial charge in [-0.3, -0.25) is 0 Å². The smallest absolute Gasteiger partial charge is 0.410 e. The Labute approximate surface area is 208 Å². The second-order valence-electron chi connectivity index (χ2n) is 9.29. The Kier molecular flexibility index (Phi) is 9.29. The van der Waals surface area contributed by atoms with Crippen molar-refractivity contribution in [3.63, 3.8) is 0 Å². The summed E-state index contributed by atoms with van der Waals surface area (Å²) < 4.78 is 10.7. The van der Waals surface area contributed by atoms with Crippen LogP contribution in [0.3, 0.4) is 0 Å². The summed E-state index contributed by atoms with van der Waals surface area (Å²) in [5, 5.41) is 16.8. The molecule has 2 saturated heterocycles. The van der Waals surface area contributed by atoms with Gasteiger partial charge in [0, 0.05) is 24.7 Å². The number of fused-ring (bicyclic) bond motifs is 2. The Morgan fingerprint density at radius 3 is 2.44 bits per heavy atom. The number of phenolic OH excluding ortho intramolecular Hbond substituents is 1. The highest BCUT2D eigenvalue weighted by Gasteiger charge is 2.45. The van der Waals surface area contributed by atoms with Gasteiger partial charge in [-0.15, -0.1) is 24.0 Å². The van der Waals surface area contributed by atoms with Crippen LogP contribution >= 0.6 is 24.0 Å². The fraction of sp³-hybridized carbons (Fsp3) is 0.652. The molecule has 2 unspecified atom stereocenters. The van der Waals surface area contributed by atoms with Crippen molar-refractivity contribution in [1.29, 1.82) is 0 Å². The molecule has 3 rings (SSSR count). The van der Waals surface area contributed by atoms with Crippen LogP contribution in [0.5, 0.6) is 11.5 Å². The number of phenols is 1. The maximum atomic E-state index is 12.7. The molecule has 2 bridgehead atoms. The molecule has 32 heavy (non-hydrogen) atoms. The quantitative estimate of drug-likeness (QED) is 0.286. The molecule has 2 aliphatic heterocycles. The number of halogens is 1. The van der Waals surface area contributed by atoms with E-state index in [2.05, 4.69) is 15.6 Å². The summed E-state index contributed by atoms with van der Waals surface area (Å²) in [6.45, 7) is 8.94. The number of guanidine groups is 1. The molecule has 2 heterocycles. The molecule has 3 N–H and O–H groups in total. The van der Waals surface area contributed by atoms with Crippen LogP contribution in [0.1, 0.15) is 58.9 Å². The summed E-state index contributed by atoms with van der Waals surface area (Å²) in [6.07, 6.45) is 3.59. The van der Waals surface area contributed by atoms with E-state index < -0.39 is 5.60 Å². The summed E-state index contributed by atoms with van der Waals surface area (Å²) in [5.41, 5.74) is 0.419. The number of nitrogens with one attached hydrogen (secondary N) is 2. The Bertz CT molecular complexity index is 798. The van der Waals surface area contributed by atoms with Gasteiger partial charge in [-0.05, 0) is 71.1 Å². The highest BCUT2D eigenvalue weighted by molar-refractivity contribution is 14.0. The van der Waals surface area contributed by atoms with Crippen LogP contribution in [0, 0.1) is 0 Å². The first-order chi connectivity index (χ1) is 14.7. The molecule has 0 aliphatic carbocycles. The molecule has 2 aliphatic rings. The first kappa shape index (κ1) is 26.3. The maximum absolute atomic E-state index is 12.7. The van der Waals surface area contributed by atoms with Crippen molar-refractivity contribution in [2.45, 2.75) is 83.6 Å². The van der Waals surface area contributed by atoms with E-state index in [0.29, 0.717) is 12.3 Å². The summed E-state index contributed by atoms with van der Waals surface area (Å²) in [7, 11) is 1.53. The highest BCUT2D eigenvalue weighted by atomic mass is 127. The minimum Gasteiger partial charge on any atom is -0.504 e. The van der Waals surface area contributed by atoms with E-state index in [9.17, 15) is 9.90 Å². The fourth-order valence-electron chi connectivity index (χ4n) is 4.43. The van der Waals surface area contributed by atoms with Crippen molar-refractivity contribution in [1.82, 2.24) is 15.5 Å².